The molecule has 1 aromatic rings. The summed E-state index contributed by atoms with van der Waals surface area (Å²) in [6, 6.07) is 5.49. The Hall–Kier alpha value is -1.21. The van der Waals surface area contributed by atoms with Crippen LogP contribution in [-0.4, -0.2) is 37.6 Å². The second-order valence-corrected chi connectivity index (χ2v) is 4.25. The van der Waals surface area contributed by atoms with Crippen LogP contribution < -0.4 is 10.1 Å². The number of hydrogen-bond acceptors (Lipinski definition) is 3. The molecule has 4 nitrogen and oxygen atoms in total. The summed E-state index contributed by atoms with van der Waals surface area (Å²) in [6.45, 7) is -1.48. The van der Waals surface area contributed by atoms with Crippen LogP contribution >= 0.6 is 15.9 Å². The van der Waals surface area contributed by atoms with Gasteiger partial charge < -0.3 is 14.8 Å². The minimum atomic E-state index is -2.87. The quantitative estimate of drug-likeness (QED) is 0.585. The van der Waals surface area contributed by atoms with E-state index in [0.717, 1.165) is 5.33 Å². The van der Waals surface area contributed by atoms with Gasteiger partial charge >= 0.3 is 6.61 Å². The average Bonchev–Trinajstić information content (AvgIpc) is 2.38. The van der Waals surface area contributed by atoms with Crippen LogP contribution in [0.25, 0.3) is 0 Å². The molecule has 0 radical (unpaired) electrons. The number of rotatable bonds is 8. The predicted octanol–water partition coefficient (Wildman–Crippen LogP) is 2.43. The lowest BCUT2D eigenvalue weighted by molar-refractivity contribution is -0.0498. The van der Waals surface area contributed by atoms with E-state index in [-0.39, 0.29) is 11.7 Å². The molecular weight excluding hydrogens is 324 g/mol. The first-order chi connectivity index (χ1) is 9.13. The third-order valence-corrected chi connectivity index (χ3v) is 2.42. The average molecular weight is 338 g/mol. The fraction of sp³-hybridized carbons (Fsp3) is 0.417. The molecule has 106 valence electrons. The Labute approximate surface area is 118 Å². The van der Waals surface area contributed by atoms with Gasteiger partial charge in [-0.15, -0.1) is 0 Å². The van der Waals surface area contributed by atoms with E-state index in [4.69, 9.17) is 4.74 Å². The molecule has 0 aliphatic heterocycles. The van der Waals surface area contributed by atoms with E-state index in [1.54, 1.807) is 0 Å². The molecule has 0 atom stereocenters. The SMILES string of the molecule is O=C(NCCOCCBr)c1ccc(OC(F)F)cc1. The van der Waals surface area contributed by atoms with Crippen LogP contribution in [0, 0.1) is 0 Å². The van der Waals surface area contributed by atoms with E-state index < -0.39 is 6.61 Å². The number of ether oxygens (including phenoxy) is 2. The second-order valence-electron chi connectivity index (χ2n) is 3.46. The molecule has 1 rings (SSSR count). The molecule has 1 amide bonds. The van der Waals surface area contributed by atoms with Crippen LogP contribution in [0.3, 0.4) is 0 Å². The van der Waals surface area contributed by atoms with Gasteiger partial charge in [-0.2, -0.15) is 8.78 Å². The third kappa shape index (κ3) is 6.49. The molecule has 0 spiro atoms. The second kappa shape index (κ2) is 8.82. The van der Waals surface area contributed by atoms with Crippen LogP contribution in [0.5, 0.6) is 5.75 Å². The molecule has 0 fully saturated rings. The number of amides is 1. The highest BCUT2D eigenvalue weighted by molar-refractivity contribution is 9.09. The lowest BCUT2D eigenvalue weighted by Gasteiger charge is -2.07. The molecule has 0 saturated carbocycles. The Morgan fingerprint density at radius 1 is 1.26 bits per heavy atom. The van der Waals surface area contributed by atoms with E-state index in [1.807, 2.05) is 0 Å². The van der Waals surface area contributed by atoms with E-state index in [9.17, 15) is 13.6 Å². The van der Waals surface area contributed by atoms with Gasteiger partial charge in [0, 0.05) is 17.4 Å². The first kappa shape index (κ1) is 15.8. The monoisotopic (exact) mass is 337 g/mol. The minimum absolute atomic E-state index is 0.0206. The Balaban J connectivity index is 2.36. The minimum Gasteiger partial charge on any atom is -0.435 e. The molecule has 19 heavy (non-hydrogen) atoms. The molecule has 1 N–H and O–H groups in total. The van der Waals surface area contributed by atoms with Crippen molar-refractivity contribution in [1.82, 2.24) is 5.32 Å². The molecule has 0 saturated heterocycles. The summed E-state index contributed by atoms with van der Waals surface area (Å²) in [5.74, 6) is -0.266. The molecule has 0 bridgehead atoms. The van der Waals surface area contributed by atoms with Crippen LogP contribution in [0.15, 0.2) is 24.3 Å². The van der Waals surface area contributed by atoms with E-state index in [0.29, 0.717) is 25.3 Å². The molecule has 7 heteroatoms. The molecule has 0 aliphatic carbocycles. The first-order valence-electron chi connectivity index (χ1n) is 5.60. The number of hydrogen-bond donors (Lipinski definition) is 1. The van der Waals surface area contributed by atoms with Crippen LogP contribution in [0.2, 0.25) is 0 Å². The topological polar surface area (TPSA) is 47.6 Å². The molecule has 0 aromatic heterocycles. The van der Waals surface area contributed by atoms with Gasteiger partial charge in [0.05, 0.1) is 13.2 Å². The molecule has 0 heterocycles. The summed E-state index contributed by atoms with van der Waals surface area (Å²) < 4.78 is 33.2. The Bertz CT molecular complexity index is 387. The van der Waals surface area contributed by atoms with E-state index in [2.05, 4.69) is 26.0 Å². The fourth-order valence-corrected chi connectivity index (χ4v) is 1.51. The maximum atomic E-state index is 11.9. The van der Waals surface area contributed by atoms with Crippen LogP contribution in [0.4, 0.5) is 8.78 Å². The third-order valence-electron chi connectivity index (χ3n) is 2.10. The highest BCUT2D eigenvalue weighted by Crippen LogP contribution is 2.14. The summed E-state index contributed by atoms with van der Waals surface area (Å²) in [7, 11) is 0. The molecule has 0 aliphatic rings. The Morgan fingerprint density at radius 2 is 1.95 bits per heavy atom. The molecular formula is C12H14BrF2NO3. The van der Waals surface area contributed by atoms with Crippen molar-refractivity contribution in [3.63, 3.8) is 0 Å². The molecule has 1 aromatic carbocycles. The Kier molecular flexibility index (Phi) is 7.35. The van der Waals surface area contributed by atoms with Gasteiger partial charge in [0.25, 0.3) is 5.91 Å². The summed E-state index contributed by atoms with van der Waals surface area (Å²) in [6.07, 6.45) is 0. The van der Waals surface area contributed by atoms with Crippen molar-refractivity contribution in [2.75, 3.05) is 25.1 Å². The first-order valence-corrected chi connectivity index (χ1v) is 6.72. The van der Waals surface area contributed by atoms with Gasteiger partial charge in [0.1, 0.15) is 5.75 Å². The van der Waals surface area contributed by atoms with Gasteiger partial charge in [-0.05, 0) is 24.3 Å². The van der Waals surface area contributed by atoms with Gasteiger partial charge in [0.15, 0.2) is 0 Å². The van der Waals surface area contributed by atoms with Crippen LogP contribution in [-0.2, 0) is 4.74 Å². The summed E-state index contributed by atoms with van der Waals surface area (Å²) >= 11 is 3.21. The van der Waals surface area contributed by atoms with Gasteiger partial charge in [-0.3, -0.25) is 4.79 Å². The zero-order chi connectivity index (χ0) is 14.1. The molecule has 0 unspecified atom stereocenters. The van der Waals surface area contributed by atoms with Crippen LogP contribution in [0.1, 0.15) is 10.4 Å². The number of benzene rings is 1. The lowest BCUT2D eigenvalue weighted by atomic mass is 10.2. The smallest absolute Gasteiger partial charge is 0.387 e. The van der Waals surface area contributed by atoms with Gasteiger partial charge in [0.2, 0.25) is 0 Å². The maximum absolute atomic E-state index is 11.9. The maximum Gasteiger partial charge on any atom is 0.387 e. The fourth-order valence-electron chi connectivity index (χ4n) is 1.28. The summed E-state index contributed by atoms with van der Waals surface area (Å²) in [5.41, 5.74) is 0.377. The summed E-state index contributed by atoms with van der Waals surface area (Å²) in [4.78, 5) is 11.6. The van der Waals surface area contributed by atoms with Gasteiger partial charge in [-0.25, -0.2) is 0 Å². The number of alkyl halides is 3. The van der Waals surface area contributed by atoms with Gasteiger partial charge in [-0.1, -0.05) is 15.9 Å². The Morgan fingerprint density at radius 3 is 2.53 bits per heavy atom. The van der Waals surface area contributed by atoms with E-state index >= 15 is 0 Å². The summed E-state index contributed by atoms with van der Waals surface area (Å²) in [5, 5.41) is 3.39. The number of carbonyl (C=O) groups is 1. The largest absolute Gasteiger partial charge is 0.435 e. The normalized spacial score (nSPS) is 10.5. The number of halogens is 3. The highest BCUT2D eigenvalue weighted by atomic mass is 79.9. The zero-order valence-electron chi connectivity index (χ0n) is 10.1. The van der Waals surface area contributed by atoms with E-state index in [1.165, 1.54) is 24.3 Å². The van der Waals surface area contributed by atoms with Crippen molar-refractivity contribution in [2.45, 2.75) is 6.61 Å². The lowest BCUT2D eigenvalue weighted by Crippen LogP contribution is -2.27. The number of nitrogens with one attached hydrogen (secondary N) is 1. The predicted molar refractivity (Wildman–Crippen MR) is 70.0 cm³/mol. The standard InChI is InChI=1S/C12H14BrF2NO3/c13-5-7-18-8-6-16-11(17)9-1-3-10(4-2-9)19-12(14)15/h1-4,12H,5-8H2,(H,16,17). The number of carbonyl (C=O) groups excluding carboxylic acids is 1. The van der Waals surface area contributed by atoms with Crippen molar-refractivity contribution >= 4 is 21.8 Å². The van der Waals surface area contributed by atoms with Crippen molar-refractivity contribution in [1.29, 1.82) is 0 Å². The van der Waals surface area contributed by atoms with Crippen molar-refractivity contribution in [3.05, 3.63) is 29.8 Å². The van der Waals surface area contributed by atoms with Crippen molar-refractivity contribution in [3.8, 4) is 5.75 Å². The zero-order valence-corrected chi connectivity index (χ0v) is 11.7. The van der Waals surface area contributed by atoms with Crippen molar-refractivity contribution < 1.29 is 23.0 Å². The highest BCUT2D eigenvalue weighted by Gasteiger charge is 2.07. The van der Waals surface area contributed by atoms with Crippen molar-refractivity contribution in [2.24, 2.45) is 0 Å².